The molecule has 0 radical (unpaired) electrons. The monoisotopic (exact) mass is 362 g/mol. The van der Waals surface area contributed by atoms with Crippen molar-refractivity contribution in [1.82, 2.24) is 29.0 Å². The molecule has 0 saturated heterocycles. The normalized spacial score (nSPS) is 20.4. The van der Waals surface area contributed by atoms with Gasteiger partial charge in [0.05, 0.1) is 17.9 Å². The lowest BCUT2D eigenvalue weighted by Gasteiger charge is -2.26. The van der Waals surface area contributed by atoms with Crippen LogP contribution in [-0.4, -0.2) is 41.1 Å². The van der Waals surface area contributed by atoms with Crippen LogP contribution in [0.5, 0.6) is 0 Å². The van der Waals surface area contributed by atoms with E-state index in [4.69, 9.17) is 5.73 Å². The summed E-state index contributed by atoms with van der Waals surface area (Å²) in [4.78, 5) is 13.3. The van der Waals surface area contributed by atoms with Gasteiger partial charge in [0.25, 0.3) is 0 Å². The van der Waals surface area contributed by atoms with Crippen LogP contribution in [0.3, 0.4) is 0 Å². The number of nitrogens with one attached hydrogen (secondary N) is 1. The Morgan fingerprint density at radius 1 is 1.07 bits per heavy atom. The second-order valence-corrected chi connectivity index (χ2v) is 7.31. The van der Waals surface area contributed by atoms with Crippen LogP contribution in [-0.2, 0) is 0 Å². The molecule has 3 N–H and O–H groups in total. The molecule has 0 spiro atoms. The lowest BCUT2D eigenvalue weighted by atomic mass is 9.92. The highest BCUT2D eigenvalue weighted by Gasteiger charge is 2.19. The molecular formula is C19H22N8. The number of aryl methyl sites for hydroxylation is 1. The summed E-state index contributed by atoms with van der Waals surface area (Å²) in [5.74, 6) is 1.36. The summed E-state index contributed by atoms with van der Waals surface area (Å²) in [5, 5.41) is 8.08. The van der Waals surface area contributed by atoms with E-state index < -0.39 is 0 Å². The van der Waals surface area contributed by atoms with Crippen LogP contribution >= 0.6 is 0 Å². The lowest BCUT2D eigenvalue weighted by Crippen LogP contribution is -2.33. The van der Waals surface area contributed by atoms with Crippen LogP contribution < -0.4 is 11.1 Å². The fourth-order valence-electron chi connectivity index (χ4n) is 3.78. The Kier molecular flexibility index (Phi) is 3.78. The van der Waals surface area contributed by atoms with Crippen LogP contribution in [0.4, 0.5) is 5.95 Å². The van der Waals surface area contributed by atoms with Crippen molar-refractivity contribution in [1.29, 1.82) is 0 Å². The highest BCUT2D eigenvalue weighted by Crippen LogP contribution is 2.26. The van der Waals surface area contributed by atoms with Crippen molar-refractivity contribution in [3.05, 3.63) is 42.7 Å². The number of fused-ring (bicyclic) bond motifs is 2. The molecule has 4 aromatic rings. The van der Waals surface area contributed by atoms with Gasteiger partial charge in [0, 0.05) is 47.5 Å². The second-order valence-electron chi connectivity index (χ2n) is 7.31. The summed E-state index contributed by atoms with van der Waals surface area (Å²) < 4.78 is 3.85. The molecule has 5 rings (SSSR count). The van der Waals surface area contributed by atoms with Gasteiger partial charge in [0.1, 0.15) is 0 Å². The summed E-state index contributed by atoms with van der Waals surface area (Å²) in [7, 11) is 0. The van der Waals surface area contributed by atoms with Gasteiger partial charge in [-0.3, -0.25) is 4.40 Å². The molecule has 0 aromatic carbocycles. The largest absolute Gasteiger partial charge is 0.350 e. The van der Waals surface area contributed by atoms with E-state index in [1.54, 1.807) is 0 Å². The van der Waals surface area contributed by atoms with Gasteiger partial charge >= 0.3 is 0 Å². The van der Waals surface area contributed by atoms with Gasteiger partial charge in [-0.05, 0) is 38.7 Å². The van der Waals surface area contributed by atoms with E-state index in [1.807, 2.05) is 46.7 Å². The zero-order valence-corrected chi connectivity index (χ0v) is 15.2. The summed E-state index contributed by atoms with van der Waals surface area (Å²) in [6.07, 6.45) is 13.8. The van der Waals surface area contributed by atoms with Crippen LogP contribution in [0.15, 0.2) is 37.1 Å². The summed E-state index contributed by atoms with van der Waals surface area (Å²) in [6, 6.07) is 2.78. The quantitative estimate of drug-likeness (QED) is 0.581. The molecule has 1 aliphatic carbocycles. The average molecular weight is 362 g/mol. The zero-order chi connectivity index (χ0) is 18.4. The van der Waals surface area contributed by atoms with E-state index >= 15 is 0 Å². The highest BCUT2D eigenvalue weighted by molar-refractivity contribution is 5.79. The molecule has 0 bridgehead atoms. The molecule has 27 heavy (non-hydrogen) atoms. The van der Waals surface area contributed by atoms with Gasteiger partial charge in [-0.1, -0.05) is 0 Å². The van der Waals surface area contributed by atoms with Crippen LogP contribution in [0, 0.1) is 6.92 Å². The van der Waals surface area contributed by atoms with Crippen LogP contribution in [0.1, 0.15) is 31.4 Å². The number of nitrogens with two attached hydrogens (primary N) is 1. The molecule has 1 aliphatic rings. The molecule has 8 heteroatoms. The topological polar surface area (TPSA) is 98.4 Å². The third kappa shape index (κ3) is 2.91. The third-order valence-electron chi connectivity index (χ3n) is 5.38. The number of aromatic nitrogens is 6. The van der Waals surface area contributed by atoms with Crippen LogP contribution in [0.2, 0.25) is 0 Å². The van der Waals surface area contributed by atoms with Crippen LogP contribution in [0.25, 0.3) is 22.4 Å². The fraction of sp³-hybridized carbons (Fsp3) is 0.368. The molecular weight excluding hydrogens is 340 g/mol. The van der Waals surface area contributed by atoms with Gasteiger partial charge in [-0.2, -0.15) is 0 Å². The van der Waals surface area contributed by atoms with Crippen molar-refractivity contribution in [3.63, 3.8) is 0 Å². The van der Waals surface area contributed by atoms with E-state index in [2.05, 4.69) is 31.6 Å². The highest BCUT2D eigenvalue weighted by atomic mass is 15.3. The molecule has 1 saturated carbocycles. The Balaban J connectivity index is 1.45. The average Bonchev–Trinajstić information content (AvgIpc) is 3.27. The predicted molar refractivity (Wildman–Crippen MR) is 104 cm³/mol. The molecule has 0 atom stereocenters. The molecule has 0 unspecified atom stereocenters. The van der Waals surface area contributed by atoms with Gasteiger partial charge < -0.3 is 11.1 Å². The molecule has 138 valence electrons. The minimum absolute atomic E-state index is 0.337. The number of nitrogens with zero attached hydrogens (tertiary/aromatic N) is 6. The number of hydrogen-bond donors (Lipinski definition) is 2. The Morgan fingerprint density at radius 3 is 2.74 bits per heavy atom. The number of anilines is 1. The predicted octanol–water partition coefficient (Wildman–Crippen LogP) is 2.43. The van der Waals surface area contributed by atoms with E-state index in [0.29, 0.717) is 23.8 Å². The lowest BCUT2D eigenvalue weighted by molar-refractivity contribution is 0.409. The van der Waals surface area contributed by atoms with Crippen molar-refractivity contribution < 1.29 is 0 Å². The minimum atomic E-state index is 0.337. The minimum Gasteiger partial charge on any atom is -0.350 e. The zero-order valence-electron chi connectivity index (χ0n) is 15.2. The smallest absolute Gasteiger partial charge is 0.241 e. The van der Waals surface area contributed by atoms with E-state index in [1.165, 1.54) is 0 Å². The van der Waals surface area contributed by atoms with Crippen molar-refractivity contribution in [2.45, 2.75) is 44.7 Å². The number of imidazole rings is 1. The number of rotatable bonds is 3. The SMILES string of the molecule is Cc1cnc2ncc(-c3ccn4nc(N[C@H]5CC[C@@H](N)CC5)ncc34)cn12. The summed E-state index contributed by atoms with van der Waals surface area (Å²) in [5.41, 5.74) is 10.0. The van der Waals surface area contributed by atoms with Gasteiger partial charge in [0.15, 0.2) is 0 Å². The first kappa shape index (κ1) is 16.2. The first-order chi connectivity index (χ1) is 13.2. The van der Waals surface area contributed by atoms with Gasteiger partial charge in [0.2, 0.25) is 11.7 Å². The molecule has 4 heterocycles. The van der Waals surface area contributed by atoms with E-state index in [9.17, 15) is 0 Å². The Morgan fingerprint density at radius 2 is 1.89 bits per heavy atom. The Labute approximate surface area is 156 Å². The van der Waals surface area contributed by atoms with Crippen molar-refractivity contribution in [2.75, 3.05) is 5.32 Å². The summed E-state index contributed by atoms with van der Waals surface area (Å²) in [6.45, 7) is 2.02. The van der Waals surface area contributed by atoms with Gasteiger partial charge in [-0.25, -0.2) is 19.5 Å². The third-order valence-corrected chi connectivity index (χ3v) is 5.38. The first-order valence-corrected chi connectivity index (χ1v) is 9.34. The summed E-state index contributed by atoms with van der Waals surface area (Å²) >= 11 is 0. The fourth-order valence-corrected chi connectivity index (χ4v) is 3.78. The van der Waals surface area contributed by atoms with Crippen molar-refractivity contribution in [2.24, 2.45) is 5.73 Å². The molecule has 4 aromatic heterocycles. The molecule has 0 amide bonds. The first-order valence-electron chi connectivity index (χ1n) is 9.34. The second kappa shape index (κ2) is 6.31. The van der Waals surface area contributed by atoms with Crippen molar-refractivity contribution >= 4 is 17.2 Å². The number of hydrogen-bond acceptors (Lipinski definition) is 6. The maximum absolute atomic E-state index is 5.99. The van der Waals surface area contributed by atoms with Crippen molar-refractivity contribution in [3.8, 4) is 11.1 Å². The standard InChI is InChI=1S/C19H22N8/c1-12-8-22-19-23-9-13(11-26(12)19)16-6-7-27-17(16)10-21-18(25-27)24-15-4-2-14(20)3-5-15/h6-11,14-15H,2-5,20H2,1H3,(H,24,25)/t14-,15+. The Hall–Kier alpha value is -3.00. The van der Waals surface area contributed by atoms with Gasteiger partial charge in [-0.15, -0.1) is 5.10 Å². The molecule has 8 nitrogen and oxygen atoms in total. The molecule has 1 fully saturated rings. The Bertz CT molecular complexity index is 1100. The van der Waals surface area contributed by atoms with E-state index in [0.717, 1.165) is 48.0 Å². The maximum Gasteiger partial charge on any atom is 0.241 e. The maximum atomic E-state index is 5.99. The van der Waals surface area contributed by atoms with E-state index in [-0.39, 0.29) is 0 Å². The molecule has 0 aliphatic heterocycles.